The number of ether oxygens (including phenoxy) is 1. The fourth-order valence-corrected chi connectivity index (χ4v) is 5.12. The van der Waals surface area contributed by atoms with Gasteiger partial charge >= 0.3 is 0 Å². The maximum absolute atomic E-state index is 12.9. The second kappa shape index (κ2) is 7.30. The molecule has 6 heteroatoms. The summed E-state index contributed by atoms with van der Waals surface area (Å²) >= 11 is 0. The molecule has 0 bridgehead atoms. The van der Waals surface area contributed by atoms with Crippen molar-refractivity contribution in [3.63, 3.8) is 0 Å². The largest absolute Gasteiger partial charge is 0.375 e. The van der Waals surface area contributed by atoms with E-state index in [-0.39, 0.29) is 17.9 Å². The van der Waals surface area contributed by atoms with Crippen molar-refractivity contribution in [3.05, 3.63) is 35.9 Å². The molecule has 2 fully saturated rings. The predicted octanol–water partition coefficient (Wildman–Crippen LogP) is 1.87. The van der Waals surface area contributed by atoms with Gasteiger partial charge in [0.15, 0.2) is 0 Å². The zero-order valence-electron chi connectivity index (χ0n) is 13.7. The summed E-state index contributed by atoms with van der Waals surface area (Å²) in [6.07, 6.45) is 2.30. The molecule has 0 radical (unpaired) electrons. The Bertz CT molecular complexity index is 600. The van der Waals surface area contributed by atoms with Crippen LogP contribution in [0.2, 0.25) is 0 Å². The molecular formula is C17H26N2O3S. The molecule has 0 spiro atoms. The number of hydrogen-bond acceptors (Lipinski definition) is 4. The normalized spacial score (nSPS) is 27.3. The van der Waals surface area contributed by atoms with Gasteiger partial charge in [0.2, 0.25) is 10.0 Å². The maximum Gasteiger partial charge on any atom is 0.216 e. The SMILES string of the molecule is C[C@H]1CN(S(=O)(=O)CCN2CCCC2)[C@@H](c2ccccc2)CO1. The van der Waals surface area contributed by atoms with Crippen molar-refractivity contribution in [3.8, 4) is 0 Å². The first-order chi connectivity index (χ1) is 11.1. The first-order valence-electron chi connectivity index (χ1n) is 8.45. The van der Waals surface area contributed by atoms with Gasteiger partial charge in [-0.3, -0.25) is 0 Å². The van der Waals surface area contributed by atoms with Gasteiger partial charge in [0.05, 0.1) is 24.5 Å². The van der Waals surface area contributed by atoms with Gasteiger partial charge in [-0.05, 0) is 38.4 Å². The molecule has 0 amide bonds. The molecule has 0 saturated carbocycles. The van der Waals surface area contributed by atoms with E-state index in [1.807, 2.05) is 37.3 Å². The summed E-state index contributed by atoms with van der Waals surface area (Å²) in [5, 5.41) is 0. The molecular weight excluding hydrogens is 312 g/mol. The van der Waals surface area contributed by atoms with Gasteiger partial charge < -0.3 is 9.64 Å². The first-order valence-corrected chi connectivity index (χ1v) is 10.1. The lowest BCUT2D eigenvalue weighted by molar-refractivity contribution is -0.0231. The molecule has 2 heterocycles. The van der Waals surface area contributed by atoms with E-state index in [1.165, 1.54) is 12.8 Å². The van der Waals surface area contributed by atoms with Gasteiger partial charge in [-0.2, -0.15) is 4.31 Å². The fraction of sp³-hybridized carbons (Fsp3) is 0.647. The summed E-state index contributed by atoms with van der Waals surface area (Å²) in [6.45, 7) is 5.48. The van der Waals surface area contributed by atoms with Crippen molar-refractivity contribution in [2.45, 2.75) is 31.9 Å². The molecule has 2 aliphatic heterocycles. The van der Waals surface area contributed by atoms with E-state index >= 15 is 0 Å². The van der Waals surface area contributed by atoms with Crippen LogP contribution in [0.15, 0.2) is 30.3 Å². The van der Waals surface area contributed by atoms with Crippen LogP contribution in [0.4, 0.5) is 0 Å². The van der Waals surface area contributed by atoms with Crippen LogP contribution < -0.4 is 0 Å². The summed E-state index contributed by atoms with van der Waals surface area (Å²) in [6, 6.07) is 9.59. The highest BCUT2D eigenvalue weighted by Crippen LogP contribution is 2.29. The number of morpholine rings is 1. The van der Waals surface area contributed by atoms with Crippen LogP contribution in [0.1, 0.15) is 31.4 Å². The van der Waals surface area contributed by atoms with Crippen LogP contribution in [0.5, 0.6) is 0 Å². The van der Waals surface area contributed by atoms with Crippen LogP contribution >= 0.6 is 0 Å². The second-order valence-corrected chi connectivity index (χ2v) is 8.55. The third-order valence-corrected chi connectivity index (χ3v) is 6.55. The number of hydrogen-bond donors (Lipinski definition) is 0. The Hall–Kier alpha value is -0.950. The van der Waals surface area contributed by atoms with Crippen LogP contribution in [-0.2, 0) is 14.8 Å². The number of benzene rings is 1. The molecule has 3 rings (SSSR count). The Morgan fingerprint density at radius 3 is 2.57 bits per heavy atom. The second-order valence-electron chi connectivity index (χ2n) is 6.50. The van der Waals surface area contributed by atoms with E-state index in [4.69, 9.17) is 4.74 Å². The molecule has 0 aliphatic carbocycles. The summed E-state index contributed by atoms with van der Waals surface area (Å²) < 4.78 is 33.2. The number of rotatable bonds is 5. The number of nitrogens with zero attached hydrogens (tertiary/aromatic N) is 2. The standard InChI is InChI=1S/C17H26N2O3S/c1-15-13-19(17(14-22-15)16-7-3-2-4-8-16)23(20,21)12-11-18-9-5-6-10-18/h2-4,7-8,15,17H,5-6,9-14H2,1H3/t15-,17+/m0/s1. The van der Waals surface area contributed by atoms with E-state index in [0.717, 1.165) is 18.7 Å². The van der Waals surface area contributed by atoms with Crippen LogP contribution in [0, 0.1) is 0 Å². The van der Waals surface area contributed by atoms with E-state index in [9.17, 15) is 8.42 Å². The molecule has 0 aromatic heterocycles. The maximum atomic E-state index is 12.9. The minimum absolute atomic E-state index is 0.0588. The molecule has 23 heavy (non-hydrogen) atoms. The minimum atomic E-state index is -3.29. The predicted molar refractivity (Wildman–Crippen MR) is 90.8 cm³/mol. The topological polar surface area (TPSA) is 49.9 Å². The lowest BCUT2D eigenvalue weighted by Gasteiger charge is -2.38. The molecule has 128 valence electrons. The highest BCUT2D eigenvalue weighted by atomic mass is 32.2. The van der Waals surface area contributed by atoms with Crippen LogP contribution in [-0.4, -0.2) is 62.3 Å². The molecule has 2 atom stereocenters. The lowest BCUT2D eigenvalue weighted by atomic mass is 10.1. The van der Waals surface area contributed by atoms with Gasteiger partial charge in [0.1, 0.15) is 0 Å². The monoisotopic (exact) mass is 338 g/mol. The van der Waals surface area contributed by atoms with Crippen molar-refractivity contribution in [2.24, 2.45) is 0 Å². The first kappa shape index (κ1) is 16.9. The molecule has 1 aromatic carbocycles. The number of sulfonamides is 1. The Balaban J connectivity index is 1.74. The Labute approximate surface area is 139 Å². The highest BCUT2D eigenvalue weighted by molar-refractivity contribution is 7.89. The Morgan fingerprint density at radius 2 is 1.87 bits per heavy atom. The summed E-state index contributed by atoms with van der Waals surface area (Å²) in [5.41, 5.74) is 1.00. The quantitative estimate of drug-likeness (QED) is 0.822. The van der Waals surface area contributed by atoms with E-state index in [1.54, 1.807) is 4.31 Å². The molecule has 1 aromatic rings. The van der Waals surface area contributed by atoms with E-state index in [0.29, 0.717) is 19.7 Å². The summed E-state index contributed by atoms with van der Waals surface area (Å²) in [4.78, 5) is 2.25. The lowest BCUT2D eigenvalue weighted by Crippen LogP contribution is -2.48. The smallest absolute Gasteiger partial charge is 0.216 e. The van der Waals surface area contributed by atoms with Gasteiger partial charge in [-0.15, -0.1) is 0 Å². The zero-order valence-corrected chi connectivity index (χ0v) is 14.5. The van der Waals surface area contributed by atoms with Crippen molar-refractivity contribution in [2.75, 3.05) is 38.5 Å². The Morgan fingerprint density at radius 1 is 1.17 bits per heavy atom. The molecule has 0 unspecified atom stereocenters. The minimum Gasteiger partial charge on any atom is -0.375 e. The molecule has 2 aliphatic rings. The molecule has 2 saturated heterocycles. The van der Waals surface area contributed by atoms with Crippen LogP contribution in [0.25, 0.3) is 0 Å². The third kappa shape index (κ3) is 4.12. The highest BCUT2D eigenvalue weighted by Gasteiger charge is 2.36. The average molecular weight is 338 g/mol. The van der Waals surface area contributed by atoms with Crippen molar-refractivity contribution in [1.29, 1.82) is 0 Å². The van der Waals surface area contributed by atoms with Crippen molar-refractivity contribution >= 4 is 10.0 Å². The van der Waals surface area contributed by atoms with E-state index < -0.39 is 10.0 Å². The van der Waals surface area contributed by atoms with Gasteiger partial charge in [-0.1, -0.05) is 30.3 Å². The van der Waals surface area contributed by atoms with Gasteiger partial charge in [0, 0.05) is 13.1 Å². The summed E-state index contributed by atoms with van der Waals surface area (Å²) in [5.74, 6) is 0.197. The van der Waals surface area contributed by atoms with Gasteiger partial charge in [0.25, 0.3) is 0 Å². The zero-order chi connectivity index (χ0) is 16.3. The third-order valence-electron chi connectivity index (χ3n) is 4.73. The fourth-order valence-electron chi connectivity index (χ4n) is 3.38. The molecule has 0 N–H and O–H groups in total. The number of likely N-dealkylation sites (tertiary alicyclic amines) is 1. The van der Waals surface area contributed by atoms with E-state index in [2.05, 4.69) is 4.90 Å². The van der Waals surface area contributed by atoms with Crippen molar-refractivity contribution in [1.82, 2.24) is 9.21 Å². The Kier molecular flexibility index (Phi) is 5.36. The molecule has 5 nitrogen and oxygen atoms in total. The summed E-state index contributed by atoms with van der Waals surface area (Å²) in [7, 11) is -3.29. The van der Waals surface area contributed by atoms with Crippen LogP contribution in [0.3, 0.4) is 0 Å². The average Bonchev–Trinajstić information content (AvgIpc) is 3.07. The van der Waals surface area contributed by atoms with Crippen molar-refractivity contribution < 1.29 is 13.2 Å². The van der Waals surface area contributed by atoms with Gasteiger partial charge in [-0.25, -0.2) is 8.42 Å².